The second-order valence-corrected chi connectivity index (χ2v) is 32.2. The van der Waals surface area contributed by atoms with Crippen molar-refractivity contribution in [3.05, 3.63) is 135 Å². The minimum atomic E-state index is -1.46. The average Bonchev–Trinajstić information content (AvgIpc) is 1.62. The number of hydrogen-bond acceptors (Lipinski definition) is 33. The monoisotopic (exact) mass is 1770 g/mol. The number of rotatable bonds is 32. The number of thiazole rings is 3. The van der Waals surface area contributed by atoms with Crippen molar-refractivity contribution in [2.75, 3.05) is 31.0 Å². The number of thioether (sulfide) groups is 1. The molecule has 7 aromatic rings. The van der Waals surface area contributed by atoms with E-state index in [2.05, 4.69) is 108 Å². The molecule has 0 spiro atoms. The fourth-order valence-electron chi connectivity index (χ4n) is 10.6. The molecule has 1 aliphatic carbocycles. The van der Waals surface area contributed by atoms with E-state index in [-0.39, 0.29) is 87.3 Å². The zero-order valence-corrected chi connectivity index (χ0v) is 71.4. The van der Waals surface area contributed by atoms with Crippen molar-refractivity contribution in [2.45, 2.75) is 163 Å². The van der Waals surface area contributed by atoms with Crippen LogP contribution >= 0.6 is 71.0 Å². The molecule has 32 nitrogen and oxygen atoms in total. The summed E-state index contributed by atoms with van der Waals surface area (Å²) in [5.74, 6) is -10.3. The van der Waals surface area contributed by atoms with Gasteiger partial charge in [0.25, 0.3) is 0 Å². The Balaban J connectivity index is 0.000000439. The number of phenolic OH excluding ortho intramolecular Hbond substituents is 2. The second kappa shape index (κ2) is 51.6. The van der Waals surface area contributed by atoms with Crippen molar-refractivity contribution in [1.82, 2.24) is 25.6 Å². The van der Waals surface area contributed by atoms with Crippen LogP contribution in [0.2, 0.25) is 6.80 Å². The molecule has 0 saturated carbocycles. The number of hydrogen-bond donors (Lipinski definition) is 13. The molecule has 2 radical (unpaired) electrons. The number of carboxylic acid groups (broad SMARTS) is 3. The van der Waals surface area contributed by atoms with Crippen LogP contribution in [0.15, 0.2) is 114 Å². The third-order valence-electron chi connectivity index (χ3n) is 18.2. The minimum absolute atomic E-state index is 0. The van der Waals surface area contributed by atoms with Gasteiger partial charge in [0.15, 0.2) is 34.2 Å². The Morgan fingerprint density at radius 1 is 0.750 bits per heavy atom. The predicted molar refractivity (Wildman–Crippen MR) is 465 cm³/mol. The number of phenols is 2. The van der Waals surface area contributed by atoms with Crippen LogP contribution < -0.4 is 26.6 Å². The number of nitrogens with one attached hydrogen (secondary N) is 2. The van der Waals surface area contributed by atoms with Crippen LogP contribution in [0.4, 0.5) is 0 Å². The first-order valence-corrected chi connectivity index (χ1v) is 41.1. The Labute approximate surface area is 724 Å². The summed E-state index contributed by atoms with van der Waals surface area (Å²) < 4.78 is 36.8. The van der Waals surface area contributed by atoms with E-state index < -0.39 is 126 Å². The van der Waals surface area contributed by atoms with Gasteiger partial charge in [0, 0.05) is 56.5 Å². The lowest BCUT2D eigenvalue weighted by atomic mass is 9.79. The lowest BCUT2D eigenvalue weighted by molar-refractivity contribution is -0.176. The van der Waals surface area contributed by atoms with Gasteiger partial charge in [0.2, 0.25) is 11.8 Å². The first-order chi connectivity index (χ1) is 56.8. The lowest BCUT2D eigenvalue weighted by Gasteiger charge is -2.32. The van der Waals surface area contributed by atoms with Crippen LogP contribution in [0.5, 0.6) is 17.2 Å². The largest absolute Gasteiger partial charge is 0.508 e. The van der Waals surface area contributed by atoms with Crippen molar-refractivity contribution < 1.29 is 114 Å². The summed E-state index contributed by atoms with van der Waals surface area (Å²) >= 11 is 13.1. The molecule has 642 valence electrons. The van der Waals surface area contributed by atoms with Crippen LogP contribution in [0.3, 0.4) is 0 Å². The fourth-order valence-corrected chi connectivity index (χ4v) is 14.7. The molecular formula is C80H98B2N9O23S6+. The van der Waals surface area contributed by atoms with Gasteiger partial charge in [-0.25, -0.2) is 19.7 Å². The number of nitrogens with two attached hydrogens (primary N) is 1. The zero-order valence-electron chi connectivity index (χ0n) is 67.3. The molecule has 10 rings (SSSR count). The highest BCUT2D eigenvalue weighted by Crippen LogP contribution is 2.37. The quantitative estimate of drug-likeness (QED) is 0.00465. The molecule has 4 aromatic carbocycles. The van der Waals surface area contributed by atoms with Crippen LogP contribution in [-0.2, 0) is 73.3 Å². The van der Waals surface area contributed by atoms with E-state index in [4.69, 9.17) is 62.2 Å². The topological polar surface area (TPSA) is 527 Å². The standard InChI is InChI=1S/C35H48N2O12S.C21H21BN2O3S.C11H8N2O3S2.C8H4N2OS.C3H7NO2S.CH3B.CH4.H2O2/c1-6-20(2)25(17-32(43)49-18-23-10-8-7-9-11-23)33(44)36-27(12-13-31(42)48-5)30(41)16-26(22(4)39)34(45)37-28(14-21(3)38)29(40)15-24(19-50)35(46)47;1-20(2)21(3,4)27-22(26-20)15-7-5-14(6-8-15)13-25-16-9-10-17-18(11-16)28-19(12-23)24-17;14-5-1-2-6-8(3-5)18-10(12-6)9-13-7(4-17-9)11(15)16;9-4-8-10-6-2-1-5(11)3-7(6)12-8;4-2(1-7)3(5)6;1-2;;1-2/h7-8,10-11,20,22,24-28,39H,6,12-19H2,1-5H3,(H3-,36,37,44,45,46,47,50);5-11H,13H2,1-4H3;1-3,7,14H,4H2,(H,15,16);1-3,11H;2,7H,1,4H2,(H,5,6);1H3;1H4;1-2H/p+1/t20?,22?,24-,25?,26?,27?,28?;;7-;;2-;;;/m1.1.1.../s1/i;;;;;1T;;. The predicted octanol–water partition coefficient (Wildman–Crippen LogP) is 9.94. The summed E-state index contributed by atoms with van der Waals surface area (Å²) in [6, 6.07) is 23.4. The Kier molecular flexibility index (Phi) is 44.0. The molecule has 9 atom stereocenters. The normalized spacial score (nSPS) is 15.7. The van der Waals surface area contributed by atoms with Crippen molar-refractivity contribution in [2.24, 2.45) is 34.4 Å². The highest BCUT2D eigenvalue weighted by molar-refractivity contribution is 8.15. The van der Waals surface area contributed by atoms with Crippen molar-refractivity contribution >= 4 is 186 Å². The van der Waals surface area contributed by atoms with Gasteiger partial charge in [-0.3, -0.25) is 58.7 Å². The number of methoxy groups -OCH3 is 1. The number of aliphatic imine (C=N–C) groups is 1. The van der Waals surface area contributed by atoms with Gasteiger partial charge in [0.05, 0.1) is 111 Å². The molecule has 120 heavy (non-hydrogen) atoms. The van der Waals surface area contributed by atoms with E-state index >= 15 is 0 Å². The number of benzene rings is 4. The maximum Gasteiger partial charge on any atom is 0.494 e. The number of carbonyl (C=O) groups is 10. The third kappa shape index (κ3) is 32.8. The van der Waals surface area contributed by atoms with Crippen molar-refractivity contribution in [1.29, 1.82) is 10.5 Å². The lowest BCUT2D eigenvalue weighted by Crippen LogP contribution is -2.50. The number of aliphatic hydroxyl groups is 1. The summed E-state index contributed by atoms with van der Waals surface area (Å²) in [4.78, 5) is 139. The van der Waals surface area contributed by atoms with Gasteiger partial charge < -0.3 is 70.5 Å². The number of aromatic hydroxyl groups is 2. The summed E-state index contributed by atoms with van der Waals surface area (Å²) in [5.41, 5.74) is 9.37. The van der Waals surface area contributed by atoms with Crippen LogP contribution in [0.1, 0.15) is 130 Å². The number of allylic oxidation sites excluding steroid dienone is 4. The molecular weight excluding hydrogens is 1670 g/mol. The van der Waals surface area contributed by atoms with E-state index in [9.17, 15) is 63.3 Å². The van der Waals surface area contributed by atoms with Crippen LogP contribution in [0.25, 0.3) is 30.6 Å². The molecule has 40 heteroatoms. The number of thiol groups is 2. The molecule has 2 aliphatic heterocycles. The average molecular weight is 1770 g/mol. The number of Topliss-reactive ketones (excluding diaryl/α,β-unsaturated/α-hetero) is 3. The molecule has 6 unspecified atom stereocenters. The number of nitriles is 2. The second-order valence-electron chi connectivity index (χ2n) is 27.4. The molecule has 1 saturated heterocycles. The van der Waals surface area contributed by atoms with E-state index in [0.29, 0.717) is 44.4 Å². The molecule has 3 aromatic heterocycles. The summed E-state index contributed by atoms with van der Waals surface area (Å²) in [6.45, 7) is 14.6. The number of aromatic nitrogens is 3. The van der Waals surface area contributed by atoms with Gasteiger partial charge in [-0.2, -0.15) is 35.8 Å². The maximum atomic E-state index is 13.7. The smallest absolute Gasteiger partial charge is 0.494 e. The number of aliphatic hydroxyl groups excluding tert-OH is 1. The Bertz CT molecular complexity index is 4880. The first kappa shape index (κ1) is 102. The summed E-state index contributed by atoms with van der Waals surface area (Å²) in [5, 5.41) is 92.0. The number of amides is 2. The number of ketones is 3. The highest BCUT2D eigenvalue weighted by atomic mass is 32.2. The van der Waals surface area contributed by atoms with Gasteiger partial charge in [-0.15, -0.1) is 45.8 Å². The molecule has 1 fully saturated rings. The van der Waals surface area contributed by atoms with Gasteiger partial charge >= 0.3 is 37.0 Å². The number of aliphatic carboxylic acids is 3. The van der Waals surface area contributed by atoms with Gasteiger partial charge in [-0.1, -0.05) is 58.8 Å². The van der Waals surface area contributed by atoms with E-state index in [1.165, 1.54) is 59.6 Å². The number of nitrogens with zero attached hydrogens (tertiary/aromatic N) is 6. The Morgan fingerprint density at radius 3 is 1.77 bits per heavy atom. The summed E-state index contributed by atoms with van der Waals surface area (Å²) in [6.07, 6.45) is 6.35. The minimum Gasteiger partial charge on any atom is -0.508 e. The third-order valence-corrected chi connectivity index (χ3v) is 23.1. The highest BCUT2D eigenvalue weighted by Gasteiger charge is 2.52. The Hall–Kier alpha value is -10.0. The molecule has 3 aliphatic rings. The van der Waals surface area contributed by atoms with E-state index in [0.717, 1.165) is 54.5 Å². The first-order valence-electron chi connectivity index (χ1n) is 37.1. The number of carboxylic acids is 3. The maximum absolute atomic E-state index is 13.7. The number of ether oxygens (including phenoxy) is 3. The van der Waals surface area contributed by atoms with Crippen molar-refractivity contribution in [3.63, 3.8) is 0 Å². The number of fused-ring (bicyclic) bond motifs is 3. The van der Waals surface area contributed by atoms with Crippen LogP contribution in [0, 0.1) is 52.4 Å². The molecule has 2 amide bonds. The molecule has 12 N–H and O–H groups in total. The van der Waals surface area contributed by atoms with Gasteiger partial charge in [0.1, 0.15) is 70.0 Å². The number of esters is 2. The zero-order chi connectivity index (χ0) is 89.7. The Morgan fingerprint density at radius 2 is 1.29 bits per heavy atom. The summed E-state index contributed by atoms with van der Waals surface area (Å²) in [7, 11) is 5.31. The fraction of sp³-hybridized carbons (Fsp3) is 0.425. The SMILES string of the molecule is C.CC1(C)OB(c2ccc(COc3ccc4nc(C#N)sc4c3)cc2)OC1(C)C.CCC(C)C(CC(=O)OCC1=CC=C[C+]=C1)C(=O)NC(CCC(=O)OC)C(=O)CC(C(=O)NC(CC(C)=O)C(=O)C[C@H](CS)C(=O)O)C(C)O.N#Cc1nc2ccc(O)cc2s1.N[C@H](CS)C(=O)O.O=C(O)[C@H]1CSC(c2nc3ccc(O)cc3s2)=N1.OO.[3H]C[B]. The molecule has 0 bridgehead atoms. The van der Waals surface area contributed by atoms with Crippen LogP contribution in [-0.4, -0.2) is 208 Å². The molecule has 5 heterocycles. The van der Waals surface area contributed by atoms with Gasteiger partial charge in [-0.05, 0) is 120 Å². The van der Waals surface area contributed by atoms with E-state index in [1.54, 1.807) is 67.6 Å². The van der Waals surface area contributed by atoms with Crippen molar-refractivity contribution in [3.8, 4) is 29.4 Å². The van der Waals surface area contributed by atoms with E-state index in [1.807, 2.05) is 55.5 Å². The number of carbonyl (C=O) groups excluding carboxylic acids is 7.